The molecular weight excluding hydrogens is 206 g/mol. The fraction of sp³-hybridized carbons (Fsp3) is 0.333. The van der Waals surface area contributed by atoms with Crippen molar-refractivity contribution in [2.24, 2.45) is 0 Å². The van der Waals surface area contributed by atoms with Crippen LogP contribution >= 0.6 is 0 Å². The van der Waals surface area contributed by atoms with Crippen LogP contribution in [-0.2, 0) is 13.0 Å². The molecule has 0 unspecified atom stereocenters. The Labute approximate surface area is 93.6 Å². The molecule has 7 heteroatoms. The Morgan fingerprint density at radius 3 is 2.38 bits per heavy atom. The summed E-state index contributed by atoms with van der Waals surface area (Å²) >= 11 is 0. The topological polar surface area (TPSA) is 109 Å². The van der Waals surface area contributed by atoms with Gasteiger partial charge in [-0.2, -0.15) is 15.0 Å². The molecule has 0 radical (unpaired) electrons. The van der Waals surface area contributed by atoms with Crippen LogP contribution in [0.1, 0.15) is 13.3 Å². The minimum absolute atomic E-state index is 0. The van der Waals surface area contributed by atoms with Gasteiger partial charge in [-0.3, -0.25) is 0 Å². The molecule has 0 saturated heterocycles. The predicted molar refractivity (Wildman–Crippen MR) is 61.3 cm³/mol. The summed E-state index contributed by atoms with van der Waals surface area (Å²) in [6.07, 6.45) is 5.96. The first kappa shape index (κ1) is 11.9. The summed E-state index contributed by atoms with van der Waals surface area (Å²) in [6.45, 7) is 0.739. The van der Waals surface area contributed by atoms with Gasteiger partial charge in [0.05, 0.1) is 6.33 Å². The summed E-state index contributed by atoms with van der Waals surface area (Å²) in [7, 11) is 0. The van der Waals surface area contributed by atoms with Crippen molar-refractivity contribution in [3.63, 3.8) is 0 Å². The van der Waals surface area contributed by atoms with Crippen LogP contribution in [0.15, 0.2) is 18.7 Å². The first-order valence-electron chi connectivity index (χ1n) is 4.45. The minimum atomic E-state index is 0. The molecular formula is C9H15N7. The lowest BCUT2D eigenvalue weighted by Crippen LogP contribution is -2.09. The Morgan fingerprint density at radius 1 is 1.12 bits per heavy atom. The Bertz CT molecular complexity index is 417. The van der Waals surface area contributed by atoms with E-state index < -0.39 is 0 Å². The highest BCUT2D eigenvalue weighted by Gasteiger charge is 2.01. The molecule has 0 spiro atoms. The van der Waals surface area contributed by atoms with E-state index in [0.29, 0.717) is 12.2 Å². The van der Waals surface area contributed by atoms with Gasteiger partial charge in [-0.15, -0.1) is 0 Å². The Kier molecular flexibility index (Phi) is 3.76. The second-order valence-corrected chi connectivity index (χ2v) is 3.02. The highest BCUT2D eigenvalue weighted by Crippen LogP contribution is 2.00. The highest BCUT2D eigenvalue weighted by molar-refractivity contribution is 5.25. The van der Waals surface area contributed by atoms with Gasteiger partial charge in [0.2, 0.25) is 11.9 Å². The monoisotopic (exact) mass is 221 g/mol. The molecule has 2 aromatic heterocycles. The van der Waals surface area contributed by atoms with Gasteiger partial charge < -0.3 is 16.0 Å². The molecule has 0 amide bonds. The SMILES string of the molecule is C.Nc1nc(N)nc(CCn2ccnc2)n1. The van der Waals surface area contributed by atoms with E-state index in [2.05, 4.69) is 19.9 Å². The average molecular weight is 221 g/mol. The molecule has 0 aliphatic carbocycles. The van der Waals surface area contributed by atoms with E-state index >= 15 is 0 Å². The Morgan fingerprint density at radius 2 is 1.81 bits per heavy atom. The molecule has 86 valence electrons. The van der Waals surface area contributed by atoms with E-state index in [1.165, 1.54) is 0 Å². The first-order valence-corrected chi connectivity index (χ1v) is 4.45. The second-order valence-electron chi connectivity index (χ2n) is 3.02. The zero-order valence-corrected chi connectivity index (χ0v) is 8.04. The highest BCUT2D eigenvalue weighted by atomic mass is 15.1. The Balaban J connectivity index is 0.00000128. The van der Waals surface area contributed by atoms with Gasteiger partial charge in [0, 0.05) is 25.4 Å². The van der Waals surface area contributed by atoms with Crippen LogP contribution < -0.4 is 11.5 Å². The molecule has 7 nitrogen and oxygen atoms in total. The van der Waals surface area contributed by atoms with E-state index in [1.54, 1.807) is 12.5 Å². The van der Waals surface area contributed by atoms with Crippen LogP contribution in [0.25, 0.3) is 0 Å². The van der Waals surface area contributed by atoms with Crippen molar-refractivity contribution in [1.29, 1.82) is 0 Å². The van der Waals surface area contributed by atoms with Crippen molar-refractivity contribution in [1.82, 2.24) is 24.5 Å². The van der Waals surface area contributed by atoms with Crippen molar-refractivity contribution in [2.75, 3.05) is 11.5 Å². The number of rotatable bonds is 3. The molecule has 2 aromatic rings. The Hall–Kier alpha value is -2.18. The molecule has 16 heavy (non-hydrogen) atoms. The number of imidazole rings is 1. The lowest BCUT2D eigenvalue weighted by atomic mass is 10.4. The van der Waals surface area contributed by atoms with Crippen molar-refractivity contribution >= 4 is 11.9 Å². The minimum Gasteiger partial charge on any atom is -0.368 e. The molecule has 0 aliphatic heterocycles. The van der Waals surface area contributed by atoms with Crippen LogP contribution in [0.2, 0.25) is 0 Å². The number of hydrogen-bond donors (Lipinski definition) is 2. The molecule has 0 aliphatic rings. The van der Waals surface area contributed by atoms with Gasteiger partial charge in [-0.1, -0.05) is 7.43 Å². The third-order valence-electron chi connectivity index (χ3n) is 1.87. The third-order valence-corrected chi connectivity index (χ3v) is 1.87. The molecule has 0 saturated carbocycles. The predicted octanol–water partition coefficient (Wildman–Crippen LogP) is 0.111. The normalized spacial score (nSPS) is 9.75. The standard InChI is InChI=1S/C8H11N7.CH4/c9-7-12-6(13-8(10)14-7)1-3-15-4-2-11-5-15;/h2,4-5H,1,3H2,(H4,9,10,12,13,14);1H4. The van der Waals surface area contributed by atoms with Gasteiger partial charge in [-0.05, 0) is 0 Å². The molecule has 0 aromatic carbocycles. The summed E-state index contributed by atoms with van der Waals surface area (Å²) in [6, 6.07) is 0. The van der Waals surface area contributed by atoms with E-state index in [-0.39, 0.29) is 19.3 Å². The lowest BCUT2D eigenvalue weighted by Gasteiger charge is -2.02. The molecule has 2 rings (SSSR count). The van der Waals surface area contributed by atoms with Crippen LogP contribution in [0.4, 0.5) is 11.9 Å². The third kappa shape index (κ3) is 2.91. The van der Waals surface area contributed by atoms with Gasteiger partial charge in [0.1, 0.15) is 5.82 Å². The number of hydrogen-bond acceptors (Lipinski definition) is 6. The lowest BCUT2D eigenvalue weighted by molar-refractivity contribution is 0.669. The van der Waals surface area contributed by atoms with Crippen molar-refractivity contribution in [2.45, 2.75) is 20.4 Å². The van der Waals surface area contributed by atoms with E-state index in [0.717, 1.165) is 6.54 Å². The number of anilines is 2. The largest absolute Gasteiger partial charge is 0.368 e. The summed E-state index contributed by atoms with van der Waals surface area (Å²) in [5.41, 5.74) is 10.9. The summed E-state index contributed by atoms with van der Waals surface area (Å²) in [5.74, 6) is 0.903. The average Bonchev–Trinajstić information content (AvgIpc) is 2.65. The number of aryl methyl sites for hydroxylation is 2. The van der Waals surface area contributed by atoms with E-state index in [9.17, 15) is 0 Å². The maximum atomic E-state index is 5.45. The van der Waals surface area contributed by atoms with Crippen molar-refractivity contribution in [3.05, 3.63) is 24.5 Å². The number of aromatic nitrogens is 5. The van der Waals surface area contributed by atoms with Gasteiger partial charge >= 0.3 is 0 Å². The molecule has 0 atom stereocenters. The molecule has 0 fully saturated rings. The molecule has 4 N–H and O–H groups in total. The zero-order valence-electron chi connectivity index (χ0n) is 8.04. The van der Waals surface area contributed by atoms with Crippen LogP contribution in [-0.4, -0.2) is 24.5 Å². The fourth-order valence-corrected chi connectivity index (χ4v) is 1.22. The van der Waals surface area contributed by atoms with E-state index in [4.69, 9.17) is 11.5 Å². The number of nitrogens with zero attached hydrogens (tertiary/aromatic N) is 5. The summed E-state index contributed by atoms with van der Waals surface area (Å²) in [4.78, 5) is 15.6. The maximum Gasteiger partial charge on any atom is 0.225 e. The van der Waals surface area contributed by atoms with Gasteiger partial charge in [-0.25, -0.2) is 4.98 Å². The number of nitrogens with two attached hydrogens (primary N) is 2. The summed E-state index contributed by atoms with van der Waals surface area (Å²) in [5, 5.41) is 0. The van der Waals surface area contributed by atoms with Gasteiger partial charge in [0.15, 0.2) is 0 Å². The van der Waals surface area contributed by atoms with Crippen LogP contribution in [0, 0.1) is 0 Å². The van der Waals surface area contributed by atoms with Gasteiger partial charge in [0.25, 0.3) is 0 Å². The molecule has 0 bridgehead atoms. The van der Waals surface area contributed by atoms with Crippen molar-refractivity contribution in [3.8, 4) is 0 Å². The molecule has 2 heterocycles. The smallest absolute Gasteiger partial charge is 0.225 e. The second kappa shape index (κ2) is 5.06. The van der Waals surface area contributed by atoms with Crippen LogP contribution in [0.3, 0.4) is 0 Å². The quantitative estimate of drug-likeness (QED) is 0.761. The van der Waals surface area contributed by atoms with Crippen molar-refractivity contribution < 1.29 is 0 Å². The fourth-order valence-electron chi connectivity index (χ4n) is 1.22. The van der Waals surface area contributed by atoms with Crippen LogP contribution in [0.5, 0.6) is 0 Å². The maximum absolute atomic E-state index is 5.45. The zero-order chi connectivity index (χ0) is 10.7. The number of nitrogen functional groups attached to an aromatic ring is 2. The first-order chi connectivity index (χ1) is 7.24. The van der Waals surface area contributed by atoms with E-state index in [1.807, 2.05) is 10.8 Å². The summed E-state index contributed by atoms with van der Waals surface area (Å²) < 4.78 is 1.93.